The van der Waals surface area contributed by atoms with Gasteiger partial charge in [0.15, 0.2) is 11.2 Å². The van der Waals surface area contributed by atoms with Crippen molar-refractivity contribution < 1.29 is 14.3 Å². The van der Waals surface area contributed by atoms with Crippen LogP contribution in [-0.4, -0.2) is 23.7 Å². The van der Waals surface area contributed by atoms with E-state index in [1.807, 2.05) is 24.4 Å². The minimum Gasteiger partial charge on any atom is -0.479 e. The first-order chi connectivity index (χ1) is 10.1. The second-order valence-corrected chi connectivity index (χ2v) is 5.41. The van der Waals surface area contributed by atoms with Crippen molar-refractivity contribution in [2.75, 3.05) is 12.3 Å². The molecule has 0 aliphatic rings. The zero-order chi connectivity index (χ0) is 15.2. The second-order valence-electron chi connectivity index (χ2n) is 4.52. The summed E-state index contributed by atoms with van der Waals surface area (Å²) in [6.07, 6.45) is 0.168. The fourth-order valence-electron chi connectivity index (χ4n) is 1.70. The van der Waals surface area contributed by atoms with E-state index in [4.69, 9.17) is 15.2 Å². The third kappa shape index (κ3) is 4.19. The van der Waals surface area contributed by atoms with Gasteiger partial charge in [0, 0.05) is 10.9 Å². The number of benzene rings is 1. The van der Waals surface area contributed by atoms with Crippen molar-refractivity contribution in [1.29, 1.82) is 0 Å². The Balaban J connectivity index is 1.97. The standard InChI is InChI=1S/C15H18N2O3S/c1-3-8-19-14(18)10(2)20-12-6-4-11(5-7-12)13-9-21-15(16)17-13/h4-7,9-10H,3,8H2,1-2H3,(H2,16,17). The maximum Gasteiger partial charge on any atom is 0.347 e. The molecule has 0 saturated heterocycles. The topological polar surface area (TPSA) is 74.4 Å². The summed E-state index contributed by atoms with van der Waals surface area (Å²) in [5.41, 5.74) is 7.40. The maximum atomic E-state index is 11.6. The van der Waals surface area contributed by atoms with Gasteiger partial charge >= 0.3 is 5.97 Å². The van der Waals surface area contributed by atoms with Crippen molar-refractivity contribution in [3.63, 3.8) is 0 Å². The van der Waals surface area contributed by atoms with E-state index in [9.17, 15) is 4.79 Å². The summed E-state index contributed by atoms with van der Waals surface area (Å²) in [5, 5.41) is 2.44. The molecule has 0 fully saturated rings. The Kier molecular flexibility index (Phi) is 5.16. The van der Waals surface area contributed by atoms with Crippen LogP contribution in [0.2, 0.25) is 0 Å². The van der Waals surface area contributed by atoms with Crippen LogP contribution in [0.3, 0.4) is 0 Å². The lowest BCUT2D eigenvalue weighted by Gasteiger charge is -2.13. The molecule has 0 spiro atoms. The average Bonchev–Trinajstić information content (AvgIpc) is 2.92. The normalized spacial score (nSPS) is 11.9. The van der Waals surface area contributed by atoms with Crippen LogP contribution < -0.4 is 10.5 Å². The minimum absolute atomic E-state index is 0.354. The van der Waals surface area contributed by atoms with E-state index in [1.165, 1.54) is 11.3 Å². The van der Waals surface area contributed by atoms with Gasteiger partial charge in [-0.1, -0.05) is 6.92 Å². The Bertz CT molecular complexity index is 595. The van der Waals surface area contributed by atoms with E-state index in [2.05, 4.69) is 4.98 Å². The number of thiazole rings is 1. The Morgan fingerprint density at radius 3 is 2.67 bits per heavy atom. The van der Waals surface area contributed by atoms with Gasteiger partial charge in [-0.3, -0.25) is 0 Å². The fourth-order valence-corrected chi connectivity index (χ4v) is 2.27. The molecule has 2 aromatic rings. The van der Waals surface area contributed by atoms with Gasteiger partial charge in [0.2, 0.25) is 0 Å². The number of hydrogen-bond acceptors (Lipinski definition) is 6. The zero-order valence-corrected chi connectivity index (χ0v) is 12.9. The Hall–Kier alpha value is -2.08. The van der Waals surface area contributed by atoms with Crippen LogP contribution in [0.5, 0.6) is 5.75 Å². The number of rotatable bonds is 6. The summed E-state index contributed by atoms with van der Waals surface area (Å²) >= 11 is 1.40. The lowest BCUT2D eigenvalue weighted by molar-refractivity contribution is -0.151. The van der Waals surface area contributed by atoms with Gasteiger partial charge in [-0.15, -0.1) is 11.3 Å². The van der Waals surface area contributed by atoms with Crippen LogP contribution in [0.4, 0.5) is 5.13 Å². The molecule has 1 atom stereocenters. The number of carbonyl (C=O) groups is 1. The molecule has 5 nitrogen and oxygen atoms in total. The first-order valence-corrected chi connectivity index (χ1v) is 7.63. The summed E-state index contributed by atoms with van der Waals surface area (Å²) in [4.78, 5) is 15.8. The van der Waals surface area contributed by atoms with Crippen LogP contribution in [0, 0.1) is 0 Å². The molecule has 0 aliphatic carbocycles. The first-order valence-electron chi connectivity index (χ1n) is 6.75. The van der Waals surface area contributed by atoms with Gasteiger partial charge in [0.1, 0.15) is 5.75 Å². The van der Waals surface area contributed by atoms with E-state index in [-0.39, 0.29) is 5.97 Å². The van der Waals surface area contributed by atoms with E-state index >= 15 is 0 Å². The van der Waals surface area contributed by atoms with Crippen molar-refractivity contribution in [2.45, 2.75) is 26.4 Å². The highest BCUT2D eigenvalue weighted by Crippen LogP contribution is 2.25. The molecule has 2 N–H and O–H groups in total. The number of anilines is 1. The quantitative estimate of drug-likeness (QED) is 0.830. The van der Waals surface area contributed by atoms with Gasteiger partial charge in [-0.25, -0.2) is 9.78 Å². The lowest BCUT2D eigenvalue weighted by atomic mass is 10.2. The molecule has 0 saturated carbocycles. The van der Waals surface area contributed by atoms with E-state index in [1.54, 1.807) is 19.1 Å². The molecular weight excluding hydrogens is 288 g/mol. The predicted molar refractivity (Wildman–Crippen MR) is 83.3 cm³/mol. The zero-order valence-electron chi connectivity index (χ0n) is 12.0. The predicted octanol–water partition coefficient (Wildman–Crippen LogP) is 3.11. The third-order valence-electron chi connectivity index (χ3n) is 2.77. The van der Waals surface area contributed by atoms with Crippen LogP contribution >= 0.6 is 11.3 Å². The summed E-state index contributed by atoms with van der Waals surface area (Å²) in [5.74, 6) is 0.260. The molecule has 6 heteroatoms. The highest BCUT2D eigenvalue weighted by molar-refractivity contribution is 7.13. The third-order valence-corrected chi connectivity index (χ3v) is 3.44. The molecular formula is C15H18N2O3S. The van der Waals surface area contributed by atoms with Crippen LogP contribution in [-0.2, 0) is 9.53 Å². The van der Waals surface area contributed by atoms with Crippen molar-refractivity contribution in [3.8, 4) is 17.0 Å². The summed E-state index contributed by atoms with van der Waals surface area (Å²) in [6.45, 7) is 4.03. The highest BCUT2D eigenvalue weighted by Gasteiger charge is 2.16. The molecule has 0 radical (unpaired) electrons. The van der Waals surface area contributed by atoms with Crippen LogP contribution in [0.25, 0.3) is 11.3 Å². The van der Waals surface area contributed by atoms with Gasteiger partial charge in [0.25, 0.3) is 0 Å². The molecule has 0 bridgehead atoms. The van der Waals surface area contributed by atoms with Crippen molar-refractivity contribution in [2.24, 2.45) is 0 Å². The van der Waals surface area contributed by atoms with E-state index in [0.29, 0.717) is 17.5 Å². The van der Waals surface area contributed by atoms with Crippen molar-refractivity contribution in [1.82, 2.24) is 4.98 Å². The number of hydrogen-bond donors (Lipinski definition) is 1. The number of nitrogen functional groups attached to an aromatic ring is 1. The monoisotopic (exact) mass is 306 g/mol. The van der Waals surface area contributed by atoms with Gasteiger partial charge in [0.05, 0.1) is 12.3 Å². The van der Waals surface area contributed by atoms with Crippen molar-refractivity contribution >= 4 is 22.4 Å². The molecule has 1 heterocycles. The molecule has 2 rings (SSSR count). The maximum absolute atomic E-state index is 11.6. The average molecular weight is 306 g/mol. The van der Waals surface area contributed by atoms with E-state index < -0.39 is 6.10 Å². The highest BCUT2D eigenvalue weighted by atomic mass is 32.1. The number of nitrogens with two attached hydrogens (primary N) is 1. The fraction of sp³-hybridized carbons (Fsp3) is 0.333. The Morgan fingerprint density at radius 2 is 2.10 bits per heavy atom. The van der Waals surface area contributed by atoms with Crippen LogP contribution in [0.15, 0.2) is 29.6 Å². The number of carbonyl (C=O) groups excluding carboxylic acids is 1. The summed E-state index contributed by atoms with van der Waals surface area (Å²) in [6, 6.07) is 7.37. The number of esters is 1. The Labute approximate surface area is 127 Å². The lowest BCUT2D eigenvalue weighted by Crippen LogP contribution is -2.26. The number of aromatic nitrogens is 1. The number of ether oxygens (including phenoxy) is 2. The van der Waals surface area contributed by atoms with Gasteiger partial charge in [-0.2, -0.15) is 0 Å². The molecule has 0 amide bonds. The minimum atomic E-state index is -0.627. The summed E-state index contributed by atoms with van der Waals surface area (Å²) in [7, 11) is 0. The van der Waals surface area contributed by atoms with Crippen LogP contribution in [0.1, 0.15) is 20.3 Å². The SMILES string of the molecule is CCCOC(=O)C(C)Oc1ccc(-c2csc(N)n2)cc1. The van der Waals surface area contributed by atoms with E-state index in [0.717, 1.165) is 17.7 Å². The molecule has 1 aromatic carbocycles. The smallest absolute Gasteiger partial charge is 0.347 e. The summed E-state index contributed by atoms with van der Waals surface area (Å²) < 4.78 is 10.6. The molecule has 1 aromatic heterocycles. The second kappa shape index (κ2) is 7.08. The first kappa shape index (κ1) is 15.3. The Morgan fingerprint density at radius 1 is 1.38 bits per heavy atom. The largest absolute Gasteiger partial charge is 0.479 e. The van der Waals surface area contributed by atoms with Gasteiger partial charge in [-0.05, 0) is 37.6 Å². The molecule has 21 heavy (non-hydrogen) atoms. The number of nitrogens with zero attached hydrogens (tertiary/aromatic N) is 1. The molecule has 1 unspecified atom stereocenters. The van der Waals surface area contributed by atoms with Gasteiger partial charge < -0.3 is 15.2 Å². The molecule has 112 valence electrons. The molecule has 0 aliphatic heterocycles. The van der Waals surface area contributed by atoms with Crippen molar-refractivity contribution in [3.05, 3.63) is 29.6 Å².